The van der Waals surface area contributed by atoms with Crippen LogP contribution in [0.15, 0.2) is 0 Å². The van der Waals surface area contributed by atoms with Crippen molar-refractivity contribution in [2.45, 2.75) is 64.1 Å². The zero-order valence-electron chi connectivity index (χ0n) is 14.9. The summed E-state index contributed by atoms with van der Waals surface area (Å²) in [4.78, 5) is 0. The van der Waals surface area contributed by atoms with Gasteiger partial charge in [-0.25, -0.2) is 0 Å². The van der Waals surface area contributed by atoms with E-state index in [0.29, 0.717) is 25.6 Å². The predicted molar refractivity (Wildman–Crippen MR) is 94.2 cm³/mol. The van der Waals surface area contributed by atoms with Gasteiger partial charge in [0.25, 0.3) is 10.2 Å². The molecule has 9 heteroatoms. The molecular formula is C16H28N6O2S. The molecule has 140 valence electrons. The van der Waals surface area contributed by atoms with Crippen LogP contribution in [0.5, 0.6) is 0 Å². The molecule has 0 aromatic carbocycles. The van der Waals surface area contributed by atoms with E-state index >= 15 is 0 Å². The molecule has 8 nitrogen and oxygen atoms in total. The van der Waals surface area contributed by atoms with Crippen LogP contribution in [-0.4, -0.2) is 64.0 Å². The van der Waals surface area contributed by atoms with Crippen LogP contribution in [-0.2, 0) is 23.3 Å². The van der Waals surface area contributed by atoms with Gasteiger partial charge in [0.05, 0.1) is 6.54 Å². The molecule has 0 radical (unpaired) electrons. The van der Waals surface area contributed by atoms with Crippen molar-refractivity contribution in [1.29, 1.82) is 0 Å². The lowest BCUT2D eigenvalue weighted by Crippen LogP contribution is -2.51. The van der Waals surface area contributed by atoms with Gasteiger partial charge >= 0.3 is 0 Å². The van der Waals surface area contributed by atoms with Crippen LogP contribution in [0.2, 0.25) is 0 Å². The molecule has 1 aromatic heterocycles. The van der Waals surface area contributed by atoms with E-state index in [1.165, 1.54) is 0 Å². The summed E-state index contributed by atoms with van der Waals surface area (Å²) in [5.41, 5.74) is 0. The second kappa shape index (κ2) is 6.94. The predicted octanol–water partition coefficient (Wildman–Crippen LogP) is 0.680. The number of hydrogen-bond donors (Lipinski definition) is 1. The van der Waals surface area contributed by atoms with Crippen molar-refractivity contribution in [3.63, 3.8) is 0 Å². The molecule has 3 aliphatic heterocycles. The maximum atomic E-state index is 13.0. The third-order valence-electron chi connectivity index (χ3n) is 5.84. The first kappa shape index (κ1) is 17.4. The Labute approximate surface area is 149 Å². The van der Waals surface area contributed by atoms with Crippen molar-refractivity contribution in [3.05, 3.63) is 11.6 Å². The molecule has 1 atom stereocenters. The molecule has 2 saturated heterocycles. The lowest BCUT2D eigenvalue weighted by atomic mass is 9.97. The maximum Gasteiger partial charge on any atom is 0.282 e. The maximum absolute atomic E-state index is 13.0. The highest BCUT2D eigenvalue weighted by Gasteiger charge is 2.37. The van der Waals surface area contributed by atoms with Crippen LogP contribution in [0.1, 0.15) is 56.6 Å². The minimum atomic E-state index is -3.33. The van der Waals surface area contributed by atoms with Crippen LogP contribution in [0, 0.1) is 0 Å². The summed E-state index contributed by atoms with van der Waals surface area (Å²) in [6, 6.07) is 0.118. The number of nitrogens with zero attached hydrogens (tertiary/aromatic N) is 5. The van der Waals surface area contributed by atoms with Gasteiger partial charge in [0.2, 0.25) is 0 Å². The molecule has 0 saturated carbocycles. The van der Waals surface area contributed by atoms with Crippen LogP contribution in [0.4, 0.5) is 0 Å². The number of rotatable bonds is 3. The fourth-order valence-corrected chi connectivity index (χ4v) is 6.21. The van der Waals surface area contributed by atoms with E-state index in [1.54, 1.807) is 8.61 Å². The van der Waals surface area contributed by atoms with Crippen molar-refractivity contribution in [3.8, 4) is 0 Å². The average molecular weight is 369 g/mol. The van der Waals surface area contributed by atoms with E-state index in [1.807, 2.05) is 6.92 Å². The number of hydrogen-bond acceptors (Lipinski definition) is 5. The monoisotopic (exact) mass is 368 g/mol. The van der Waals surface area contributed by atoms with Crippen molar-refractivity contribution in [2.24, 2.45) is 0 Å². The molecule has 1 N–H and O–H groups in total. The number of nitrogens with one attached hydrogen (secondary N) is 1. The fourth-order valence-electron chi connectivity index (χ4n) is 4.32. The third-order valence-corrected chi connectivity index (χ3v) is 7.99. The fraction of sp³-hybridized carbons (Fsp3) is 0.875. The zero-order chi connectivity index (χ0) is 17.4. The van der Waals surface area contributed by atoms with Gasteiger partial charge < -0.3 is 9.88 Å². The Morgan fingerprint density at radius 1 is 1.04 bits per heavy atom. The highest BCUT2D eigenvalue weighted by atomic mass is 32.2. The van der Waals surface area contributed by atoms with Gasteiger partial charge in [-0.05, 0) is 32.6 Å². The van der Waals surface area contributed by atoms with Gasteiger partial charge in [-0.15, -0.1) is 10.2 Å². The Morgan fingerprint density at radius 3 is 2.60 bits per heavy atom. The van der Waals surface area contributed by atoms with E-state index in [4.69, 9.17) is 0 Å². The smallest absolute Gasteiger partial charge is 0.282 e. The number of fused-ring (bicyclic) bond motifs is 1. The van der Waals surface area contributed by atoms with Gasteiger partial charge in [-0.3, -0.25) is 0 Å². The van der Waals surface area contributed by atoms with Gasteiger partial charge in [-0.2, -0.15) is 17.0 Å². The first-order valence-electron chi connectivity index (χ1n) is 9.47. The molecule has 0 bridgehead atoms. The molecule has 0 amide bonds. The molecular weight excluding hydrogens is 340 g/mol. The Hall–Kier alpha value is -1.03. The first-order chi connectivity index (χ1) is 12.1. The van der Waals surface area contributed by atoms with Crippen LogP contribution in [0.3, 0.4) is 0 Å². The normalized spacial score (nSPS) is 27.3. The molecule has 3 aliphatic rings. The van der Waals surface area contributed by atoms with Gasteiger partial charge in [0, 0.05) is 44.7 Å². The van der Waals surface area contributed by atoms with E-state index < -0.39 is 10.2 Å². The van der Waals surface area contributed by atoms with E-state index in [0.717, 1.165) is 63.4 Å². The van der Waals surface area contributed by atoms with Crippen LogP contribution < -0.4 is 5.32 Å². The molecule has 1 unspecified atom stereocenters. The lowest BCUT2D eigenvalue weighted by Gasteiger charge is -2.39. The quantitative estimate of drug-likeness (QED) is 0.848. The van der Waals surface area contributed by atoms with Crippen LogP contribution >= 0.6 is 0 Å². The summed E-state index contributed by atoms with van der Waals surface area (Å²) >= 11 is 0. The SMILES string of the molecule is CC1CCCCN1S(=O)(=O)N1CCC(c2nnc3n2CCNC3)CC1. The highest BCUT2D eigenvalue weighted by Crippen LogP contribution is 2.31. The van der Waals surface area contributed by atoms with E-state index in [9.17, 15) is 8.42 Å². The second-order valence-corrected chi connectivity index (χ2v) is 9.32. The Kier molecular flexibility index (Phi) is 4.83. The number of piperidine rings is 2. The minimum Gasteiger partial charge on any atom is -0.312 e. The standard InChI is InChI=1S/C16H28N6O2S/c1-13-4-2-3-8-22(13)25(23,24)20-9-5-14(6-10-20)16-19-18-15-12-17-7-11-21(15)16/h13-14,17H,2-12H2,1H3. The molecule has 1 aromatic rings. The van der Waals surface area contributed by atoms with Gasteiger partial charge in [0.1, 0.15) is 11.6 Å². The summed E-state index contributed by atoms with van der Waals surface area (Å²) in [6.45, 7) is 6.47. The molecule has 4 rings (SSSR count). The molecule has 2 fully saturated rings. The summed E-state index contributed by atoms with van der Waals surface area (Å²) in [6.07, 6.45) is 4.72. The third kappa shape index (κ3) is 3.22. The summed E-state index contributed by atoms with van der Waals surface area (Å²) in [5, 5.41) is 12.0. The van der Waals surface area contributed by atoms with E-state index in [2.05, 4.69) is 20.1 Å². The van der Waals surface area contributed by atoms with Crippen LogP contribution in [0.25, 0.3) is 0 Å². The first-order valence-corrected chi connectivity index (χ1v) is 10.9. The van der Waals surface area contributed by atoms with Crippen molar-refractivity contribution in [1.82, 2.24) is 28.7 Å². The lowest BCUT2D eigenvalue weighted by molar-refractivity contribution is 0.228. The summed E-state index contributed by atoms with van der Waals surface area (Å²) in [7, 11) is -3.33. The zero-order valence-corrected chi connectivity index (χ0v) is 15.7. The van der Waals surface area contributed by atoms with Gasteiger partial charge in [0.15, 0.2) is 0 Å². The van der Waals surface area contributed by atoms with Crippen molar-refractivity contribution < 1.29 is 8.42 Å². The highest BCUT2D eigenvalue weighted by molar-refractivity contribution is 7.86. The van der Waals surface area contributed by atoms with Crippen molar-refractivity contribution in [2.75, 3.05) is 26.2 Å². The Bertz CT molecular complexity index is 710. The molecule has 0 aliphatic carbocycles. The van der Waals surface area contributed by atoms with E-state index in [-0.39, 0.29) is 6.04 Å². The van der Waals surface area contributed by atoms with Crippen molar-refractivity contribution >= 4 is 10.2 Å². The molecule has 25 heavy (non-hydrogen) atoms. The summed E-state index contributed by atoms with van der Waals surface area (Å²) < 4.78 is 31.6. The number of aromatic nitrogens is 3. The van der Waals surface area contributed by atoms with Gasteiger partial charge in [-0.1, -0.05) is 6.42 Å². The largest absolute Gasteiger partial charge is 0.312 e. The Morgan fingerprint density at radius 2 is 1.84 bits per heavy atom. The topological polar surface area (TPSA) is 83.4 Å². The molecule has 4 heterocycles. The molecule has 0 spiro atoms. The summed E-state index contributed by atoms with van der Waals surface area (Å²) in [5.74, 6) is 2.35. The second-order valence-electron chi connectivity index (χ2n) is 7.44. The minimum absolute atomic E-state index is 0.118. The Balaban J connectivity index is 1.44. The average Bonchev–Trinajstić information content (AvgIpc) is 3.06.